The molecule has 0 aliphatic rings. The van der Waals surface area contributed by atoms with Gasteiger partial charge in [0, 0.05) is 17.6 Å². The molecule has 1 heterocycles. The molecule has 156 valence electrons. The van der Waals surface area contributed by atoms with Gasteiger partial charge in [-0.15, -0.1) is 0 Å². The summed E-state index contributed by atoms with van der Waals surface area (Å²) in [6.45, 7) is 3.04. The largest absolute Gasteiger partial charge is 0.452 e. The summed E-state index contributed by atoms with van der Waals surface area (Å²) in [7, 11) is 0. The number of hydrogen-bond acceptors (Lipinski definition) is 5. The number of anilines is 1. The normalized spacial score (nSPS) is 11.7. The lowest BCUT2D eigenvalue weighted by atomic mass is 10.2. The maximum atomic E-state index is 13.6. The molecule has 3 aromatic rings. The van der Waals surface area contributed by atoms with Crippen LogP contribution in [0.15, 0.2) is 42.5 Å². The molecule has 1 unspecified atom stereocenters. The van der Waals surface area contributed by atoms with E-state index in [9.17, 15) is 18.8 Å². The van der Waals surface area contributed by atoms with Crippen LogP contribution < -0.4 is 10.6 Å². The first kappa shape index (κ1) is 21.0. The van der Waals surface area contributed by atoms with Crippen molar-refractivity contribution in [2.75, 3.05) is 11.9 Å². The second-order valence-corrected chi connectivity index (χ2v) is 6.71. The standard InChI is InChI=1S/C21H21FN4O4/c1-12-7-8-14(11-16(12)22)24-20(28)13(2)30-18(27)9-10-23-21(29)19-15-5-3-4-6-17(15)25-26-19/h3-8,11,13H,9-10H2,1-2H3,(H,23,29)(H,24,28)(H,25,26). The van der Waals surface area contributed by atoms with Gasteiger partial charge in [0.2, 0.25) is 0 Å². The second kappa shape index (κ2) is 9.17. The van der Waals surface area contributed by atoms with Crippen molar-refractivity contribution >= 4 is 34.4 Å². The SMILES string of the molecule is Cc1ccc(NC(=O)C(C)OC(=O)CCNC(=O)c2n[nH]c3ccccc23)cc1F. The van der Waals surface area contributed by atoms with Crippen LogP contribution in [0.2, 0.25) is 0 Å². The highest BCUT2D eigenvalue weighted by molar-refractivity contribution is 6.04. The molecule has 1 aromatic heterocycles. The molecule has 0 aliphatic heterocycles. The van der Waals surface area contributed by atoms with Crippen LogP contribution in [0.4, 0.5) is 10.1 Å². The molecule has 30 heavy (non-hydrogen) atoms. The highest BCUT2D eigenvalue weighted by Crippen LogP contribution is 2.15. The molecule has 0 spiro atoms. The minimum absolute atomic E-state index is 0.0242. The van der Waals surface area contributed by atoms with E-state index in [4.69, 9.17) is 4.74 Å². The maximum absolute atomic E-state index is 13.6. The van der Waals surface area contributed by atoms with Crippen molar-refractivity contribution in [2.24, 2.45) is 0 Å². The fourth-order valence-electron chi connectivity index (χ4n) is 2.72. The number of aryl methyl sites for hydroxylation is 1. The summed E-state index contributed by atoms with van der Waals surface area (Å²) in [5.41, 5.74) is 1.69. The summed E-state index contributed by atoms with van der Waals surface area (Å²) in [6.07, 6.45) is -1.20. The first-order chi connectivity index (χ1) is 14.3. The number of carbonyl (C=O) groups excluding carboxylic acids is 3. The number of aromatic nitrogens is 2. The monoisotopic (exact) mass is 412 g/mol. The highest BCUT2D eigenvalue weighted by atomic mass is 19.1. The number of halogens is 1. The van der Waals surface area contributed by atoms with E-state index in [1.54, 1.807) is 31.2 Å². The first-order valence-electron chi connectivity index (χ1n) is 9.33. The lowest BCUT2D eigenvalue weighted by molar-refractivity contribution is -0.153. The van der Waals surface area contributed by atoms with Gasteiger partial charge < -0.3 is 15.4 Å². The molecule has 0 radical (unpaired) electrons. The minimum atomic E-state index is -1.08. The number of H-pyrrole nitrogens is 1. The Morgan fingerprint density at radius 3 is 2.73 bits per heavy atom. The number of esters is 1. The minimum Gasteiger partial charge on any atom is -0.452 e. The molecule has 0 fully saturated rings. The van der Waals surface area contributed by atoms with Crippen LogP contribution in [-0.4, -0.2) is 40.6 Å². The third-order valence-electron chi connectivity index (χ3n) is 4.42. The van der Waals surface area contributed by atoms with Crippen molar-refractivity contribution in [1.29, 1.82) is 0 Å². The number of amides is 2. The van der Waals surface area contributed by atoms with E-state index < -0.39 is 29.7 Å². The summed E-state index contributed by atoms with van der Waals surface area (Å²) in [5.74, 6) is -2.11. The third kappa shape index (κ3) is 4.99. The van der Waals surface area contributed by atoms with Gasteiger partial charge in [0.1, 0.15) is 5.82 Å². The number of benzene rings is 2. The molecule has 0 saturated carbocycles. The van der Waals surface area contributed by atoms with Crippen LogP contribution in [0.5, 0.6) is 0 Å². The van der Waals surface area contributed by atoms with Crippen LogP contribution in [0, 0.1) is 12.7 Å². The summed E-state index contributed by atoms with van der Waals surface area (Å²) in [5, 5.41) is 12.5. The number of para-hydroxylation sites is 1. The van der Waals surface area contributed by atoms with E-state index in [-0.39, 0.29) is 24.3 Å². The van der Waals surface area contributed by atoms with Crippen molar-refractivity contribution in [1.82, 2.24) is 15.5 Å². The van der Waals surface area contributed by atoms with E-state index in [0.29, 0.717) is 10.9 Å². The highest BCUT2D eigenvalue weighted by Gasteiger charge is 2.19. The lowest BCUT2D eigenvalue weighted by Crippen LogP contribution is -2.32. The van der Waals surface area contributed by atoms with Crippen LogP contribution in [-0.2, 0) is 14.3 Å². The predicted octanol–water partition coefficient (Wildman–Crippen LogP) is 2.70. The molecule has 0 bridgehead atoms. The second-order valence-electron chi connectivity index (χ2n) is 6.71. The topological polar surface area (TPSA) is 113 Å². The number of nitrogens with one attached hydrogen (secondary N) is 3. The zero-order valence-corrected chi connectivity index (χ0v) is 16.5. The van der Waals surface area contributed by atoms with Gasteiger partial charge in [-0.3, -0.25) is 19.5 Å². The number of hydrogen-bond donors (Lipinski definition) is 3. The Morgan fingerprint density at radius 1 is 1.20 bits per heavy atom. The fraction of sp³-hybridized carbons (Fsp3) is 0.238. The summed E-state index contributed by atoms with van der Waals surface area (Å²) in [4.78, 5) is 36.3. The van der Waals surface area contributed by atoms with Gasteiger partial charge in [-0.05, 0) is 37.6 Å². The van der Waals surface area contributed by atoms with Crippen molar-refractivity contribution in [3.05, 3.63) is 59.5 Å². The molecular formula is C21H21FN4O4. The average molecular weight is 412 g/mol. The fourth-order valence-corrected chi connectivity index (χ4v) is 2.72. The Labute approximate surface area is 171 Å². The zero-order valence-electron chi connectivity index (χ0n) is 16.5. The molecule has 9 heteroatoms. The van der Waals surface area contributed by atoms with E-state index in [2.05, 4.69) is 20.8 Å². The molecular weight excluding hydrogens is 391 g/mol. The average Bonchev–Trinajstić information content (AvgIpc) is 3.15. The molecule has 0 aliphatic carbocycles. The Bertz CT molecular complexity index is 1100. The van der Waals surface area contributed by atoms with Crippen molar-refractivity contribution in [3.8, 4) is 0 Å². The number of nitrogens with zero attached hydrogens (tertiary/aromatic N) is 1. The Hall–Kier alpha value is -3.75. The summed E-state index contributed by atoms with van der Waals surface area (Å²) in [6, 6.07) is 11.5. The molecule has 1 atom stereocenters. The van der Waals surface area contributed by atoms with Gasteiger partial charge in [-0.1, -0.05) is 24.3 Å². The number of ether oxygens (including phenoxy) is 1. The summed E-state index contributed by atoms with van der Waals surface area (Å²) < 4.78 is 18.6. The maximum Gasteiger partial charge on any atom is 0.308 e. The molecule has 0 saturated heterocycles. The van der Waals surface area contributed by atoms with Crippen molar-refractivity contribution < 1.29 is 23.5 Å². The van der Waals surface area contributed by atoms with E-state index >= 15 is 0 Å². The smallest absolute Gasteiger partial charge is 0.308 e. The van der Waals surface area contributed by atoms with Crippen LogP contribution in [0.1, 0.15) is 29.4 Å². The predicted molar refractivity (Wildman–Crippen MR) is 108 cm³/mol. The number of rotatable bonds is 7. The van der Waals surface area contributed by atoms with Gasteiger partial charge in [0.25, 0.3) is 11.8 Å². The number of aromatic amines is 1. The van der Waals surface area contributed by atoms with Gasteiger partial charge in [0.15, 0.2) is 11.8 Å². The van der Waals surface area contributed by atoms with Gasteiger partial charge in [0.05, 0.1) is 11.9 Å². The van der Waals surface area contributed by atoms with Crippen LogP contribution in [0.3, 0.4) is 0 Å². The molecule has 3 N–H and O–H groups in total. The molecule has 2 aromatic carbocycles. The first-order valence-corrected chi connectivity index (χ1v) is 9.33. The van der Waals surface area contributed by atoms with Gasteiger partial charge in [-0.25, -0.2) is 4.39 Å². The Kier molecular flexibility index (Phi) is 6.41. The Morgan fingerprint density at radius 2 is 1.97 bits per heavy atom. The van der Waals surface area contributed by atoms with Gasteiger partial charge >= 0.3 is 5.97 Å². The molecule has 8 nitrogen and oxygen atoms in total. The number of fused-ring (bicyclic) bond motifs is 1. The molecule has 3 rings (SSSR count). The van der Waals surface area contributed by atoms with E-state index in [0.717, 1.165) is 5.52 Å². The van der Waals surface area contributed by atoms with Crippen LogP contribution in [0.25, 0.3) is 10.9 Å². The Balaban J connectivity index is 1.45. The van der Waals surface area contributed by atoms with E-state index in [1.807, 2.05) is 6.07 Å². The van der Waals surface area contributed by atoms with Crippen molar-refractivity contribution in [3.63, 3.8) is 0 Å². The van der Waals surface area contributed by atoms with Crippen molar-refractivity contribution in [2.45, 2.75) is 26.4 Å². The summed E-state index contributed by atoms with van der Waals surface area (Å²) >= 11 is 0. The molecule has 2 amide bonds. The van der Waals surface area contributed by atoms with E-state index in [1.165, 1.54) is 19.1 Å². The third-order valence-corrected chi connectivity index (χ3v) is 4.42. The number of carbonyl (C=O) groups is 3. The lowest BCUT2D eigenvalue weighted by Gasteiger charge is -2.14. The zero-order chi connectivity index (χ0) is 21.7. The quantitative estimate of drug-likeness (QED) is 0.517. The van der Waals surface area contributed by atoms with Crippen LogP contribution >= 0.6 is 0 Å². The van der Waals surface area contributed by atoms with Gasteiger partial charge in [-0.2, -0.15) is 5.10 Å².